The van der Waals surface area contributed by atoms with Crippen LogP contribution in [0.15, 0.2) is 18.2 Å². The zero-order chi connectivity index (χ0) is 13.0. The lowest BCUT2D eigenvalue weighted by molar-refractivity contribution is 0.420. The SMILES string of the molecule is CCCNC1CCCN(c2ccc(Cl)cc2F)C1. The van der Waals surface area contributed by atoms with Gasteiger partial charge in [-0.05, 0) is 44.0 Å². The second-order valence-corrected chi connectivity index (χ2v) is 5.27. The molecule has 4 heteroatoms. The number of rotatable bonds is 4. The highest BCUT2D eigenvalue weighted by Crippen LogP contribution is 2.25. The van der Waals surface area contributed by atoms with E-state index in [1.54, 1.807) is 12.1 Å². The number of halogens is 2. The number of nitrogens with zero attached hydrogens (tertiary/aromatic N) is 1. The third kappa shape index (κ3) is 3.36. The molecule has 2 rings (SSSR count). The monoisotopic (exact) mass is 270 g/mol. The molecule has 18 heavy (non-hydrogen) atoms. The van der Waals surface area contributed by atoms with E-state index in [2.05, 4.69) is 17.1 Å². The van der Waals surface area contributed by atoms with Crippen LogP contribution >= 0.6 is 11.6 Å². The van der Waals surface area contributed by atoms with Gasteiger partial charge in [-0.2, -0.15) is 0 Å². The molecule has 1 fully saturated rings. The molecule has 1 saturated heterocycles. The van der Waals surface area contributed by atoms with E-state index in [0.29, 0.717) is 16.8 Å². The standard InChI is InChI=1S/C14H20ClFN2/c1-2-7-17-12-4-3-8-18(10-12)14-6-5-11(15)9-13(14)16/h5-6,9,12,17H,2-4,7-8,10H2,1H3. The van der Waals surface area contributed by atoms with E-state index in [4.69, 9.17) is 11.6 Å². The third-order valence-corrected chi connectivity index (χ3v) is 3.59. The number of benzene rings is 1. The number of piperidine rings is 1. The quantitative estimate of drug-likeness (QED) is 0.902. The summed E-state index contributed by atoms with van der Waals surface area (Å²) in [7, 11) is 0. The van der Waals surface area contributed by atoms with Crippen molar-refractivity contribution in [2.75, 3.05) is 24.5 Å². The summed E-state index contributed by atoms with van der Waals surface area (Å²) in [6.07, 6.45) is 3.40. The molecule has 0 aliphatic carbocycles. The van der Waals surface area contributed by atoms with Crippen LogP contribution in [0.2, 0.25) is 5.02 Å². The number of nitrogens with one attached hydrogen (secondary N) is 1. The maximum absolute atomic E-state index is 13.9. The van der Waals surface area contributed by atoms with E-state index < -0.39 is 0 Å². The normalized spacial score (nSPS) is 20.2. The van der Waals surface area contributed by atoms with Gasteiger partial charge >= 0.3 is 0 Å². The summed E-state index contributed by atoms with van der Waals surface area (Å²) < 4.78 is 13.9. The molecular weight excluding hydrogens is 251 g/mol. The molecule has 1 aromatic carbocycles. The zero-order valence-electron chi connectivity index (χ0n) is 10.8. The van der Waals surface area contributed by atoms with E-state index in [1.165, 1.54) is 12.5 Å². The fourth-order valence-electron chi connectivity index (χ4n) is 2.45. The molecule has 2 nitrogen and oxygen atoms in total. The molecule has 1 unspecified atom stereocenters. The second-order valence-electron chi connectivity index (χ2n) is 4.84. The van der Waals surface area contributed by atoms with E-state index in [-0.39, 0.29) is 5.82 Å². The molecule has 0 radical (unpaired) electrons. The Kier molecular flexibility index (Phi) is 4.84. The highest BCUT2D eigenvalue weighted by Gasteiger charge is 2.21. The highest BCUT2D eigenvalue weighted by atomic mass is 35.5. The lowest BCUT2D eigenvalue weighted by Gasteiger charge is -2.35. The lowest BCUT2D eigenvalue weighted by Crippen LogP contribution is -2.46. The Morgan fingerprint density at radius 2 is 2.33 bits per heavy atom. The zero-order valence-corrected chi connectivity index (χ0v) is 11.5. The van der Waals surface area contributed by atoms with Gasteiger partial charge in [0.1, 0.15) is 5.82 Å². The predicted octanol–water partition coefficient (Wildman–Crippen LogP) is 3.45. The van der Waals surface area contributed by atoms with Gasteiger partial charge in [-0.25, -0.2) is 4.39 Å². The minimum absolute atomic E-state index is 0.223. The van der Waals surface area contributed by atoms with Crippen LogP contribution in [0.4, 0.5) is 10.1 Å². The summed E-state index contributed by atoms with van der Waals surface area (Å²) in [5.41, 5.74) is 0.669. The van der Waals surface area contributed by atoms with Crippen LogP contribution in [-0.2, 0) is 0 Å². The van der Waals surface area contributed by atoms with Gasteiger partial charge < -0.3 is 10.2 Å². The first-order valence-corrected chi connectivity index (χ1v) is 7.02. The maximum Gasteiger partial charge on any atom is 0.147 e. The first kappa shape index (κ1) is 13.6. The molecule has 0 bridgehead atoms. The van der Waals surface area contributed by atoms with Crippen LogP contribution in [0.1, 0.15) is 26.2 Å². The van der Waals surface area contributed by atoms with Crippen LogP contribution < -0.4 is 10.2 Å². The molecule has 1 aliphatic heterocycles. The van der Waals surface area contributed by atoms with E-state index in [0.717, 1.165) is 32.5 Å². The van der Waals surface area contributed by atoms with E-state index in [9.17, 15) is 4.39 Å². The molecule has 0 aromatic heterocycles. The molecule has 0 spiro atoms. The minimum atomic E-state index is -0.223. The van der Waals surface area contributed by atoms with Crippen LogP contribution in [0, 0.1) is 5.82 Å². The Hall–Kier alpha value is -0.800. The van der Waals surface area contributed by atoms with Crippen molar-refractivity contribution in [1.29, 1.82) is 0 Å². The maximum atomic E-state index is 13.9. The van der Waals surface area contributed by atoms with Crippen molar-refractivity contribution in [3.63, 3.8) is 0 Å². The van der Waals surface area contributed by atoms with Gasteiger partial charge in [0.2, 0.25) is 0 Å². The van der Waals surface area contributed by atoms with Crippen molar-refractivity contribution in [2.24, 2.45) is 0 Å². The van der Waals surface area contributed by atoms with E-state index >= 15 is 0 Å². The van der Waals surface area contributed by atoms with Crippen molar-refractivity contribution in [3.05, 3.63) is 29.0 Å². The second kappa shape index (κ2) is 6.39. The average Bonchev–Trinajstić information content (AvgIpc) is 2.36. The number of hydrogen-bond donors (Lipinski definition) is 1. The Morgan fingerprint density at radius 1 is 1.50 bits per heavy atom. The first-order chi connectivity index (χ1) is 8.70. The summed E-state index contributed by atoms with van der Waals surface area (Å²) in [6, 6.07) is 5.39. The largest absolute Gasteiger partial charge is 0.368 e. The smallest absolute Gasteiger partial charge is 0.147 e. The molecule has 1 heterocycles. The van der Waals surface area contributed by atoms with Gasteiger partial charge in [-0.1, -0.05) is 18.5 Å². The molecule has 1 aromatic rings. The first-order valence-electron chi connectivity index (χ1n) is 6.64. The molecule has 100 valence electrons. The lowest BCUT2D eigenvalue weighted by atomic mass is 10.0. The van der Waals surface area contributed by atoms with Crippen molar-refractivity contribution in [1.82, 2.24) is 5.32 Å². The summed E-state index contributed by atoms with van der Waals surface area (Å²) in [4.78, 5) is 2.11. The van der Waals surface area contributed by atoms with Crippen LogP contribution in [0.25, 0.3) is 0 Å². The van der Waals surface area contributed by atoms with Gasteiger partial charge in [-0.3, -0.25) is 0 Å². The number of anilines is 1. The summed E-state index contributed by atoms with van der Waals surface area (Å²) in [5.74, 6) is -0.223. The molecule has 1 atom stereocenters. The van der Waals surface area contributed by atoms with Crippen LogP contribution in [-0.4, -0.2) is 25.7 Å². The fraction of sp³-hybridized carbons (Fsp3) is 0.571. The van der Waals surface area contributed by atoms with Crippen molar-refractivity contribution >= 4 is 17.3 Å². The predicted molar refractivity (Wildman–Crippen MR) is 74.9 cm³/mol. The summed E-state index contributed by atoms with van der Waals surface area (Å²) in [6.45, 7) is 4.98. The fourth-order valence-corrected chi connectivity index (χ4v) is 2.61. The highest BCUT2D eigenvalue weighted by molar-refractivity contribution is 6.30. The summed E-state index contributed by atoms with van der Waals surface area (Å²) in [5, 5.41) is 3.96. The molecule has 0 saturated carbocycles. The Balaban J connectivity index is 2.03. The van der Waals surface area contributed by atoms with Crippen molar-refractivity contribution in [3.8, 4) is 0 Å². The van der Waals surface area contributed by atoms with Crippen LogP contribution in [0.5, 0.6) is 0 Å². The van der Waals surface area contributed by atoms with Crippen molar-refractivity contribution < 1.29 is 4.39 Å². The Morgan fingerprint density at radius 3 is 3.06 bits per heavy atom. The van der Waals surface area contributed by atoms with E-state index in [1.807, 2.05) is 0 Å². The Bertz CT molecular complexity index is 397. The van der Waals surface area contributed by atoms with Gasteiger partial charge in [0.05, 0.1) is 5.69 Å². The van der Waals surface area contributed by atoms with Crippen molar-refractivity contribution in [2.45, 2.75) is 32.2 Å². The van der Waals surface area contributed by atoms with Gasteiger partial charge in [0.15, 0.2) is 0 Å². The van der Waals surface area contributed by atoms with Gasteiger partial charge in [0, 0.05) is 24.2 Å². The average molecular weight is 271 g/mol. The Labute approximate surface area is 113 Å². The third-order valence-electron chi connectivity index (χ3n) is 3.35. The number of hydrogen-bond acceptors (Lipinski definition) is 2. The molecule has 0 amide bonds. The molecular formula is C14H20ClFN2. The summed E-state index contributed by atoms with van der Waals surface area (Å²) >= 11 is 5.78. The topological polar surface area (TPSA) is 15.3 Å². The molecule has 1 N–H and O–H groups in total. The molecule has 1 aliphatic rings. The van der Waals surface area contributed by atoms with Crippen LogP contribution in [0.3, 0.4) is 0 Å². The minimum Gasteiger partial charge on any atom is -0.368 e. The van der Waals surface area contributed by atoms with Gasteiger partial charge in [-0.15, -0.1) is 0 Å². The van der Waals surface area contributed by atoms with Gasteiger partial charge in [0.25, 0.3) is 0 Å².